The van der Waals surface area contributed by atoms with Gasteiger partial charge in [-0.1, -0.05) is 42.1 Å². The molecule has 0 unspecified atom stereocenters. The van der Waals surface area contributed by atoms with E-state index >= 15 is 0 Å². The molecule has 24 heavy (non-hydrogen) atoms. The largest absolute Gasteiger partial charge is 0.378 e. The summed E-state index contributed by atoms with van der Waals surface area (Å²) in [6, 6.07) is 10.2. The fraction of sp³-hybridized carbons (Fsp3) is 0.438. The maximum atomic E-state index is 11.5. The van der Waals surface area contributed by atoms with Crippen LogP contribution in [0.15, 0.2) is 35.5 Å². The number of carbonyl (C=O) groups is 1. The van der Waals surface area contributed by atoms with Gasteiger partial charge < -0.3 is 15.0 Å². The second-order valence-corrected chi connectivity index (χ2v) is 6.36. The minimum Gasteiger partial charge on any atom is -0.378 e. The molecule has 0 spiro atoms. The van der Waals surface area contributed by atoms with Crippen LogP contribution in [0.4, 0.5) is 5.95 Å². The first-order chi connectivity index (χ1) is 11.8. The summed E-state index contributed by atoms with van der Waals surface area (Å²) in [7, 11) is 1.64. The van der Waals surface area contributed by atoms with Crippen molar-refractivity contribution in [2.75, 3.05) is 44.0 Å². The zero-order valence-electron chi connectivity index (χ0n) is 13.6. The second kappa shape index (κ2) is 8.16. The van der Waals surface area contributed by atoms with Gasteiger partial charge in [-0.2, -0.15) is 0 Å². The van der Waals surface area contributed by atoms with Crippen LogP contribution in [0, 0.1) is 0 Å². The van der Waals surface area contributed by atoms with Gasteiger partial charge in [0.1, 0.15) is 0 Å². The molecule has 8 heteroatoms. The maximum absolute atomic E-state index is 11.5. The van der Waals surface area contributed by atoms with Gasteiger partial charge in [-0.3, -0.25) is 9.36 Å². The van der Waals surface area contributed by atoms with Crippen molar-refractivity contribution in [3.05, 3.63) is 35.9 Å². The molecule has 1 amide bonds. The lowest BCUT2D eigenvalue weighted by atomic mass is 10.2. The van der Waals surface area contributed by atoms with E-state index in [1.165, 1.54) is 17.3 Å². The Labute approximate surface area is 145 Å². The van der Waals surface area contributed by atoms with E-state index in [9.17, 15) is 4.79 Å². The highest BCUT2D eigenvalue weighted by molar-refractivity contribution is 7.99. The molecule has 0 atom stereocenters. The van der Waals surface area contributed by atoms with Crippen LogP contribution in [-0.2, 0) is 16.1 Å². The summed E-state index contributed by atoms with van der Waals surface area (Å²) in [5.41, 5.74) is 1.17. The zero-order chi connectivity index (χ0) is 16.8. The zero-order valence-corrected chi connectivity index (χ0v) is 14.5. The molecule has 0 saturated carbocycles. The molecule has 1 aliphatic rings. The molecule has 0 radical (unpaired) electrons. The molecule has 1 fully saturated rings. The van der Waals surface area contributed by atoms with E-state index in [1.807, 2.05) is 18.2 Å². The molecule has 1 N–H and O–H groups in total. The average molecular weight is 347 g/mol. The number of ether oxygens (including phenoxy) is 1. The number of thioether (sulfide) groups is 1. The molecule has 128 valence electrons. The molecule has 1 saturated heterocycles. The Morgan fingerprint density at radius 3 is 2.71 bits per heavy atom. The van der Waals surface area contributed by atoms with Gasteiger partial charge in [0, 0.05) is 20.1 Å². The molecule has 0 aliphatic carbocycles. The number of benzene rings is 1. The van der Waals surface area contributed by atoms with Crippen molar-refractivity contribution in [2.24, 2.45) is 0 Å². The number of nitrogens with zero attached hydrogens (tertiary/aromatic N) is 4. The predicted octanol–water partition coefficient (Wildman–Crippen LogP) is 1.00. The standard InChI is InChI=1S/C16H21N5O2S/c1-17-14(22)12-24-16-19-18-15(20-7-9-23-10-8-20)21(16)11-13-5-3-2-4-6-13/h2-6H,7-12H2,1H3,(H,17,22). The molecule has 2 aromatic rings. The monoisotopic (exact) mass is 347 g/mol. The van der Waals surface area contributed by atoms with Crippen molar-refractivity contribution < 1.29 is 9.53 Å². The Bertz CT molecular complexity index is 670. The third-order valence-electron chi connectivity index (χ3n) is 3.79. The highest BCUT2D eigenvalue weighted by atomic mass is 32.2. The third kappa shape index (κ3) is 4.07. The molecule has 1 aromatic heterocycles. The van der Waals surface area contributed by atoms with Gasteiger partial charge in [0.2, 0.25) is 11.9 Å². The van der Waals surface area contributed by atoms with Crippen molar-refractivity contribution in [2.45, 2.75) is 11.7 Å². The van der Waals surface area contributed by atoms with Crippen LogP contribution in [-0.4, -0.2) is 59.8 Å². The summed E-state index contributed by atoms with van der Waals surface area (Å²) >= 11 is 1.40. The van der Waals surface area contributed by atoms with E-state index in [1.54, 1.807) is 7.05 Å². The van der Waals surface area contributed by atoms with Crippen LogP contribution in [0.2, 0.25) is 0 Å². The molecule has 7 nitrogen and oxygen atoms in total. The first kappa shape index (κ1) is 16.8. The fourth-order valence-electron chi connectivity index (χ4n) is 2.49. The first-order valence-electron chi connectivity index (χ1n) is 7.91. The van der Waals surface area contributed by atoms with E-state index in [4.69, 9.17) is 4.74 Å². The normalized spacial score (nSPS) is 14.6. The molecule has 0 bridgehead atoms. The summed E-state index contributed by atoms with van der Waals surface area (Å²) in [6.07, 6.45) is 0. The van der Waals surface area contributed by atoms with Gasteiger partial charge >= 0.3 is 0 Å². The predicted molar refractivity (Wildman–Crippen MR) is 93.4 cm³/mol. The van der Waals surface area contributed by atoms with E-state index < -0.39 is 0 Å². The van der Waals surface area contributed by atoms with Crippen molar-refractivity contribution >= 4 is 23.6 Å². The highest BCUT2D eigenvalue weighted by Crippen LogP contribution is 2.24. The molecule has 3 rings (SSSR count). The highest BCUT2D eigenvalue weighted by Gasteiger charge is 2.21. The minimum absolute atomic E-state index is 0.0258. The van der Waals surface area contributed by atoms with E-state index in [2.05, 4.69) is 37.1 Å². The number of aromatic nitrogens is 3. The second-order valence-electron chi connectivity index (χ2n) is 5.42. The van der Waals surface area contributed by atoms with Gasteiger partial charge in [-0.05, 0) is 5.56 Å². The number of rotatable bonds is 6. The van der Waals surface area contributed by atoms with E-state index in [0.717, 1.165) is 24.2 Å². The van der Waals surface area contributed by atoms with E-state index in [0.29, 0.717) is 25.5 Å². The summed E-state index contributed by atoms with van der Waals surface area (Å²) in [4.78, 5) is 13.7. The Hall–Kier alpha value is -2.06. The smallest absolute Gasteiger partial charge is 0.230 e. The number of hydrogen-bond acceptors (Lipinski definition) is 6. The number of morpholine rings is 1. The van der Waals surface area contributed by atoms with Crippen LogP contribution in [0.1, 0.15) is 5.56 Å². The van der Waals surface area contributed by atoms with Gasteiger partial charge in [0.05, 0.1) is 25.5 Å². The summed E-state index contributed by atoms with van der Waals surface area (Å²) in [5, 5.41) is 12.1. The van der Waals surface area contributed by atoms with Crippen molar-refractivity contribution in [1.82, 2.24) is 20.1 Å². The molecular weight excluding hydrogens is 326 g/mol. The van der Waals surface area contributed by atoms with Crippen molar-refractivity contribution in [3.8, 4) is 0 Å². The van der Waals surface area contributed by atoms with Crippen LogP contribution in [0.5, 0.6) is 0 Å². The Kier molecular flexibility index (Phi) is 5.71. The molecular formula is C16H21N5O2S. The topological polar surface area (TPSA) is 72.3 Å². The lowest BCUT2D eigenvalue weighted by Crippen LogP contribution is -2.38. The van der Waals surface area contributed by atoms with Gasteiger partial charge in [0.15, 0.2) is 5.16 Å². The number of anilines is 1. The fourth-order valence-corrected chi connectivity index (χ4v) is 3.30. The lowest BCUT2D eigenvalue weighted by molar-refractivity contribution is -0.118. The molecule has 2 heterocycles. The number of amides is 1. The van der Waals surface area contributed by atoms with Crippen LogP contribution >= 0.6 is 11.8 Å². The van der Waals surface area contributed by atoms with Gasteiger partial charge in [-0.25, -0.2) is 0 Å². The van der Waals surface area contributed by atoms with Gasteiger partial charge in [0.25, 0.3) is 0 Å². The van der Waals surface area contributed by atoms with E-state index in [-0.39, 0.29) is 5.91 Å². The SMILES string of the molecule is CNC(=O)CSc1nnc(N2CCOCC2)n1Cc1ccccc1. The summed E-state index contributed by atoms with van der Waals surface area (Å²) in [5.74, 6) is 1.13. The Morgan fingerprint density at radius 1 is 1.25 bits per heavy atom. The van der Waals surface area contributed by atoms with Crippen LogP contribution in [0.3, 0.4) is 0 Å². The first-order valence-corrected chi connectivity index (χ1v) is 8.89. The Morgan fingerprint density at radius 2 is 2.00 bits per heavy atom. The average Bonchev–Trinajstić information content (AvgIpc) is 3.04. The summed E-state index contributed by atoms with van der Waals surface area (Å²) < 4.78 is 7.50. The number of nitrogens with one attached hydrogen (secondary N) is 1. The van der Waals surface area contributed by atoms with Gasteiger partial charge in [-0.15, -0.1) is 10.2 Å². The third-order valence-corrected chi connectivity index (χ3v) is 4.75. The number of hydrogen-bond donors (Lipinski definition) is 1. The van der Waals surface area contributed by atoms with Crippen molar-refractivity contribution in [1.29, 1.82) is 0 Å². The molecule has 1 aliphatic heterocycles. The molecule has 1 aromatic carbocycles. The van der Waals surface area contributed by atoms with Crippen LogP contribution < -0.4 is 10.2 Å². The van der Waals surface area contributed by atoms with Crippen molar-refractivity contribution in [3.63, 3.8) is 0 Å². The maximum Gasteiger partial charge on any atom is 0.230 e. The number of carbonyl (C=O) groups excluding carboxylic acids is 1. The minimum atomic E-state index is -0.0258. The lowest BCUT2D eigenvalue weighted by Gasteiger charge is -2.28. The Balaban J connectivity index is 1.84. The quantitative estimate of drug-likeness (QED) is 0.786. The summed E-state index contributed by atoms with van der Waals surface area (Å²) in [6.45, 7) is 3.66. The van der Waals surface area contributed by atoms with Crippen LogP contribution in [0.25, 0.3) is 0 Å².